The largest absolute Gasteiger partial charge is 0.416 e. The van der Waals surface area contributed by atoms with Gasteiger partial charge in [0.05, 0.1) is 5.56 Å². The molecule has 1 atom stereocenters. The molecule has 0 aliphatic heterocycles. The molecule has 2 N–H and O–H groups in total. The average Bonchev–Trinajstić information content (AvgIpc) is 2.41. The SMILES string of the molecule is CC1(C)CCC([C@@H](CN)c2ccc(C(F)(F)F)cc2)CC1. The van der Waals surface area contributed by atoms with E-state index in [0.717, 1.165) is 31.2 Å². The van der Waals surface area contributed by atoms with Crippen LogP contribution in [0, 0.1) is 11.3 Å². The second-order valence-electron chi connectivity index (χ2n) is 6.96. The molecule has 0 unspecified atom stereocenters. The Morgan fingerprint density at radius 2 is 1.67 bits per heavy atom. The Balaban J connectivity index is 2.11. The van der Waals surface area contributed by atoms with Gasteiger partial charge in [0.25, 0.3) is 0 Å². The van der Waals surface area contributed by atoms with Crippen molar-refractivity contribution in [2.24, 2.45) is 17.1 Å². The molecule has 2 rings (SSSR count). The molecule has 1 aromatic rings. The van der Waals surface area contributed by atoms with Crippen molar-refractivity contribution in [1.82, 2.24) is 0 Å². The zero-order chi connectivity index (χ0) is 15.7. The van der Waals surface area contributed by atoms with Crippen LogP contribution in [0.3, 0.4) is 0 Å². The van der Waals surface area contributed by atoms with Gasteiger partial charge < -0.3 is 5.73 Å². The average molecular weight is 299 g/mol. The molecule has 0 bridgehead atoms. The summed E-state index contributed by atoms with van der Waals surface area (Å²) in [4.78, 5) is 0. The molecule has 0 heterocycles. The topological polar surface area (TPSA) is 26.0 Å². The Morgan fingerprint density at radius 3 is 2.10 bits per heavy atom. The van der Waals surface area contributed by atoms with Gasteiger partial charge in [-0.15, -0.1) is 0 Å². The third kappa shape index (κ3) is 4.00. The van der Waals surface area contributed by atoms with Gasteiger partial charge in [-0.05, 0) is 67.2 Å². The molecule has 118 valence electrons. The van der Waals surface area contributed by atoms with Crippen molar-refractivity contribution in [3.63, 3.8) is 0 Å². The predicted molar refractivity (Wildman–Crippen MR) is 79.0 cm³/mol. The minimum atomic E-state index is -4.27. The molecule has 1 fully saturated rings. The highest BCUT2D eigenvalue weighted by atomic mass is 19.4. The molecule has 0 radical (unpaired) electrons. The van der Waals surface area contributed by atoms with Crippen LogP contribution >= 0.6 is 0 Å². The summed E-state index contributed by atoms with van der Waals surface area (Å²) in [6.45, 7) is 5.05. The van der Waals surface area contributed by atoms with Gasteiger partial charge in [0.15, 0.2) is 0 Å². The van der Waals surface area contributed by atoms with Crippen molar-refractivity contribution in [3.8, 4) is 0 Å². The maximum atomic E-state index is 12.6. The normalized spacial score (nSPS) is 21.2. The standard InChI is InChI=1S/C17H24F3N/c1-16(2)9-7-13(8-10-16)15(11-21)12-3-5-14(6-4-12)17(18,19)20/h3-6,13,15H,7-11,21H2,1-2H3/t15-/m0/s1. The number of nitrogens with two attached hydrogens (primary N) is 1. The van der Waals surface area contributed by atoms with Crippen molar-refractivity contribution in [1.29, 1.82) is 0 Å². The van der Waals surface area contributed by atoms with Crippen LogP contribution in [0.25, 0.3) is 0 Å². The Kier molecular flexibility index (Phi) is 4.66. The van der Waals surface area contributed by atoms with Gasteiger partial charge in [-0.1, -0.05) is 26.0 Å². The Morgan fingerprint density at radius 1 is 1.14 bits per heavy atom. The summed E-state index contributed by atoms with van der Waals surface area (Å²) < 4.78 is 37.9. The fourth-order valence-corrected chi connectivity index (χ4v) is 3.34. The zero-order valence-corrected chi connectivity index (χ0v) is 12.7. The number of alkyl halides is 3. The van der Waals surface area contributed by atoms with Crippen LogP contribution < -0.4 is 5.73 Å². The van der Waals surface area contributed by atoms with E-state index in [2.05, 4.69) is 13.8 Å². The van der Waals surface area contributed by atoms with Gasteiger partial charge in [-0.25, -0.2) is 0 Å². The summed E-state index contributed by atoms with van der Waals surface area (Å²) in [7, 11) is 0. The molecule has 1 aliphatic carbocycles. The third-order valence-electron chi connectivity index (χ3n) is 4.87. The lowest BCUT2D eigenvalue weighted by Gasteiger charge is -2.38. The number of benzene rings is 1. The molecular formula is C17H24F3N. The predicted octanol–water partition coefficient (Wildman–Crippen LogP) is 4.96. The first-order valence-corrected chi connectivity index (χ1v) is 7.60. The molecular weight excluding hydrogens is 275 g/mol. The van der Waals surface area contributed by atoms with Crippen molar-refractivity contribution in [2.45, 2.75) is 51.6 Å². The first-order valence-electron chi connectivity index (χ1n) is 7.60. The van der Waals surface area contributed by atoms with Crippen molar-refractivity contribution in [3.05, 3.63) is 35.4 Å². The lowest BCUT2D eigenvalue weighted by atomic mass is 9.68. The summed E-state index contributed by atoms with van der Waals surface area (Å²) in [5.74, 6) is 0.656. The lowest BCUT2D eigenvalue weighted by Crippen LogP contribution is -2.28. The first-order chi connectivity index (χ1) is 9.73. The van der Waals surface area contributed by atoms with Crippen LogP contribution in [0.2, 0.25) is 0 Å². The van der Waals surface area contributed by atoms with Crippen LogP contribution in [0.15, 0.2) is 24.3 Å². The Labute approximate surface area is 124 Å². The highest BCUT2D eigenvalue weighted by Crippen LogP contribution is 2.43. The molecule has 1 aromatic carbocycles. The van der Waals surface area contributed by atoms with Crippen LogP contribution in [-0.2, 0) is 6.18 Å². The lowest BCUT2D eigenvalue weighted by molar-refractivity contribution is -0.137. The third-order valence-corrected chi connectivity index (χ3v) is 4.87. The van der Waals surface area contributed by atoms with E-state index in [-0.39, 0.29) is 5.92 Å². The van der Waals surface area contributed by atoms with E-state index in [1.165, 1.54) is 12.1 Å². The van der Waals surface area contributed by atoms with E-state index in [1.807, 2.05) is 0 Å². The van der Waals surface area contributed by atoms with Crippen molar-refractivity contribution < 1.29 is 13.2 Å². The van der Waals surface area contributed by atoms with Gasteiger partial charge in [-0.3, -0.25) is 0 Å². The summed E-state index contributed by atoms with van der Waals surface area (Å²) in [5, 5.41) is 0. The summed E-state index contributed by atoms with van der Waals surface area (Å²) >= 11 is 0. The number of rotatable bonds is 3. The van der Waals surface area contributed by atoms with E-state index < -0.39 is 11.7 Å². The van der Waals surface area contributed by atoms with Crippen LogP contribution in [0.5, 0.6) is 0 Å². The maximum absolute atomic E-state index is 12.6. The number of hydrogen-bond acceptors (Lipinski definition) is 1. The van der Waals surface area contributed by atoms with Gasteiger partial charge >= 0.3 is 6.18 Å². The summed E-state index contributed by atoms with van der Waals surface area (Å²) in [6, 6.07) is 5.54. The molecule has 0 saturated heterocycles. The van der Waals surface area contributed by atoms with Crippen molar-refractivity contribution >= 4 is 0 Å². The zero-order valence-electron chi connectivity index (χ0n) is 12.7. The van der Waals surface area contributed by atoms with Crippen LogP contribution in [0.1, 0.15) is 56.6 Å². The molecule has 0 spiro atoms. The van der Waals surface area contributed by atoms with E-state index in [9.17, 15) is 13.2 Å². The maximum Gasteiger partial charge on any atom is 0.416 e. The fourth-order valence-electron chi connectivity index (χ4n) is 3.34. The van der Waals surface area contributed by atoms with E-state index in [1.54, 1.807) is 12.1 Å². The molecule has 21 heavy (non-hydrogen) atoms. The number of hydrogen-bond donors (Lipinski definition) is 1. The van der Waals surface area contributed by atoms with E-state index >= 15 is 0 Å². The molecule has 1 nitrogen and oxygen atoms in total. The van der Waals surface area contributed by atoms with Gasteiger partial charge in [0.2, 0.25) is 0 Å². The molecule has 1 aliphatic rings. The second kappa shape index (κ2) is 5.99. The molecule has 0 amide bonds. The summed E-state index contributed by atoms with van der Waals surface area (Å²) in [5.41, 5.74) is 6.64. The minimum Gasteiger partial charge on any atom is -0.330 e. The quantitative estimate of drug-likeness (QED) is 0.838. The van der Waals surface area contributed by atoms with Gasteiger partial charge in [-0.2, -0.15) is 13.2 Å². The van der Waals surface area contributed by atoms with Gasteiger partial charge in [0, 0.05) is 0 Å². The summed E-state index contributed by atoms with van der Waals surface area (Å²) in [6.07, 6.45) is 0.265. The Bertz CT molecular complexity index is 452. The number of halogens is 3. The monoisotopic (exact) mass is 299 g/mol. The molecule has 1 saturated carbocycles. The Hall–Kier alpha value is -1.03. The highest BCUT2D eigenvalue weighted by Gasteiger charge is 2.33. The van der Waals surface area contributed by atoms with Gasteiger partial charge in [0.1, 0.15) is 0 Å². The first kappa shape index (κ1) is 16.3. The van der Waals surface area contributed by atoms with Crippen molar-refractivity contribution in [2.75, 3.05) is 6.54 Å². The fraction of sp³-hybridized carbons (Fsp3) is 0.647. The van der Waals surface area contributed by atoms with Crippen LogP contribution in [0.4, 0.5) is 13.2 Å². The van der Waals surface area contributed by atoms with E-state index in [4.69, 9.17) is 5.73 Å². The molecule has 4 heteroatoms. The highest BCUT2D eigenvalue weighted by molar-refractivity contribution is 5.28. The molecule has 0 aromatic heterocycles. The minimum absolute atomic E-state index is 0.170. The smallest absolute Gasteiger partial charge is 0.330 e. The second-order valence-corrected chi connectivity index (χ2v) is 6.96. The van der Waals surface area contributed by atoms with E-state index in [0.29, 0.717) is 17.9 Å². The van der Waals surface area contributed by atoms with Crippen LogP contribution in [-0.4, -0.2) is 6.54 Å².